The summed E-state index contributed by atoms with van der Waals surface area (Å²) in [6.45, 7) is 4.06. The number of Topliss-reactive ketones (excluding diaryl/α,β-unsaturated/α-hetero) is 1. The summed E-state index contributed by atoms with van der Waals surface area (Å²) >= 11 is 2.73. The van der Waals surface area contributed by atoms with E-state index in [-0.39, 0.29) is 53.3 Å². The smallest absolute Gasteiger partial charge is 0.345 e. The van der Waals surface area contributed by atoms with Gasteiger partial charge in [-0.2, -0.15) is 0 Å². The monoisotopic (exact) mass is 651 g/mol. The van der Waals surface area contributed by atoms with Crippen LogP contribution in [0.5, 0.6) is 0 Å². The van der Waals surface area contributed by atoms with E-state index in [4.69, 9.17) is 4.74 Å². The fourth-order valence-corrected chi connectivity index (χ4v) is 11.4. The first-order valence-corrected chi connectivity index (χ1v) is 17.4. The van der Waals surface area contributed by atoms with Crippen molar-refractivity contribution in [2.75, 3.05) is 5.75 Å². The molecule has 1 N–H and O–H groups in total. The number of carbonyl (C=O) groups excluding carboxylic acids is 3. The van der Waals surface area contributed by atoms with Crippen molar-refractivity contribution >= 4 is 50.9 Å². The van der Waals surface area contributed by atoms with Crippen LogP contribution in [0.4, 0.5) is 8.78 Å². The van der Waals surface area contributed by atoms with Gasteiger partial charge in [-0.05, 0) is 92.0 Å². The second kappa shape index (κ2) is 11.1. The summed E-state index contributed by atoms with van der Waals surface area (Å²) in [5.41, 5.74) is -1.90. The second-order valence-electron chi connectivity index (χ2n) is 13.6. The number of hydrogen-bond acceptors (Lipinski definition) is 8. The maximum Gasteiger partial charge on any atom is 0.345 e. The lowest BCUT2D eigenvalue weighted by Gasteiger charge is -2.60. The Morgan fingerprint density at radius 3 is 2.58 bits per heavy atom. The van der Waals surface area contributed by atoms with Crippen LogP contribution >= 0.6 is 23.1 Å². The zero-order valence-corrected chi connectivity index (χ0v) is 26.8. The third-order valence-electron chi connectivity index (χ3n) is 11.5. The van der Waals surface area contributed by atoms with Crippen LogP contribution in [0.1, 0.15) is 69.2 Å². The van der Waals surface area contributed by atoms with Crippen molar-refractivity contribution in [1.82, 2.24) is 4.98 Å². The van der Waals surface area contributed by atoms with Crippen molar-refractivity contribution < 1.29 is 33.0 Å². The van der Waals surface area contributed by atoms with Gasteiger partial charge in [-0.1, -0.05) is 49.4 Å². The number of esters is 1. The Bertz CT molecular complexity index is 1700. The van der Waals surface area contributed by atoms with Gasteiger partial charge in [0.2, 0.25) is 0 Å². The molecule has 7 atom stereocenters. The summed E-state index contributed by atoms with van der Waals surface area (Å²) < 4.78 is 37.4. The zero-order valence-electron chi connectivity index (χ0n) is 25.2. The summed E-state index contributed by atoms with van der Waals surface area (Å²) in [6.07, 6.45) is 4.51. The number of rotatable bonds is 6. The SMILES string of the molecule is CC12CCC(=O)C=C1CCC1C2[C@@H](O)CC2(C)C1CC[C@]2(OC(=O)c1c(F)cccc1F)C(=O)CSc1nc2ccccc2s1. The molecule has 4 aliphatic carbocycles. The Morgan fingerprint density at radius 1 is 1.07 bits per heavy atom. The number of para-hydroxylation sites is 1. The number of aliphatic hydroxyl groups excluding tert-OH is 1. The van der Waals surface area contributed by atoms with Gasteiger partial charge in [-0.25, -0.2) is 18.6 Å². The molecule has 7 rings (SSSR count). The number of allylic oxidation sites excluding steroid dienone is 1. The molecule has 0 bridgehead atoms. The lowest BCUT2D eigenvalue weighted by molar-refractivity contribution is -0.180. The number of nitrogens with zero attached hydrogens (tertiary/aromatic N) is 1. The minimum atomic E-state index is -1.70. The highest BCUT2D eigenvalue weighted by atomic mass is 32.2. The van der Waals surface area contributed by atoms with Crippen LogP contribution in [0, 0.1) is 40.2 Å². The van der Waals surface area contributed by atoms with E-state index >= 15 is 0 Å². The zero-order chi connectivity index (χ0) is 31.7. The number of benzene rings is 2. The van der Waals surface area contributed by atoms with E-state index in [0.717, 1.165) is 40.8 Å². The Kier molecular flexibility index (Phi) is 7.56. The topological polar surface area (TPSA) is 93.6 Å². The van der Waals surface area contributed by atoms with Gasteiger partial charge in [-0.15, -0.1) is 11.3 Å². The van der Waals surface area contributed by atoms with Crippen LogP contribution in [-0.4, -0.2) is 45.1 Å². The molecule has 4 aliphatic rings. The number of thiazole rings is 1. The summed E-state index contributed by atoms with van der Waals surface area (Å²) in [6, 6.07) is 10.8. The van der Waals surface area contributed by atoms with Gasteiger partial charge in [0.15, 0.2) is 21.5 Å². The largest absolute Gasteiger partial charge is 0.447 e. The Labute approximate surface area is 268 Å². The number of halogens is 2. The molecule has 1 aromatic heterocycles. The first-order chi connectivity index (χ1) is 21.5. The molecule has 5 unspecified atom stereocenters. The fraction of sp³-hybridized carbons (Fsp3) is 0.486. The molecule has 3 fully saturated rings. The first kappa shape index (κ1) is 30.7. The summed E-state index contributed by atoms with van der Waals surface area (Å²) in [4.78, 5) is 45.1. The minimum absolute atomic E-state index is 0.0320. The van der Waals surface area contributed by atoms with Crippen LogP contribution < -0.4 is 0 Å². The van der Waals surface area contributed by atoms with Crippen LogP contribution in [0.3, 0.4) is 0 Å². The molecule has 45 heavy (non-hydrogen) atoms. The minimum Gasteiger partial charge on any atom is -0.447 e. The van der Waals surface area contributed by atoms with Crippen LogP contribution in [-0.2, 0) is 14.3 Å². The molecule has 1 heterocycles. The van der Waals surface area contributed by atoms with Crippen molar-refractivity contribution in [3.05, 3.63) is 71.3 Å². The van der Waals surface area contributed by atoms with Gasteiger partial charge in [0, 0.05) is 11.8 Å². The molecule has 3 saturated carbocycles. The number of fused-ring (bicyclic) bond motifs is 6. The summed E-state index contributed by atoms with van der Waals surface area (Å²) in [5.74, 6) is -3.74. The third kappa shape index (κ3) is 4.73. The predicted molar refractivity (Wildman–Crippen MR) is 168 cm³/mol. The molecule has 3 aromatic rings. The molecular formula is C35H35F2NO5S2. The van der Waals surface area contributed by atoms with Crippen LogP contribution in [0.2, 0.25) is 0 Å². The number of aliphatic hydroxyl groups is 1. The van der Waals surface area contributed by atoms with Gasteiger partial charge in [0.05, 0.1) is 22.1 Å². The van der Waals surface area contributed by atoms with Gasteiger partial charge in [-0.3, -0.25) is 9.59 Å². The van der Waals surface area contributed by atoms with Crippen LogP contribution in [0.25, 0.3) is 10.2 Å². The molecule has 236 valence electrons. The Hall–Kier alpha value is -2.95. The first-order valence-electron chi connectivity index (χ1n) is 15.6. The molecule has 2 aromatic carbocycles. The van der Waals surface area contributed by atoms with E-state index in [1.165, 1.54) is 29.2 Å². The highest BCUT2D eigenvalue weighted by Crippen LogP contribution is 2.68. The average Bonchev–Trinajstić information content (AvgIpc) is 3.54. The maximum absolute atomic E-state index is 14.8. The predicted octanol–water partition coefficient (Wildman–Crippen LogP) is 7.33. The summed E-state index contributed by atoms with van der Waals surface area (Å²) in [5, 5.41) is 11.9. The van der Waals surface area contributed by atoms with Crippen molar-refractivity contribution in [3.8, 4) is 0 Å². The highest BCUT2D eigenvalue weighted by molar-refractivity contribution is 8.01. The Morgan fingerprint density at radius 2 is 1.82 bits per heavy atom. The number of ketones is 2. The molecule has 0 saturated heterocycles. The number of ether oxygens (including phenoxy) is 1. The van der Waals surface area contributed by atoms with E-state index in [2.05, 4.69) is 11.9 Å². The molecule has 0 aliphatic heterocycles. The van der Waals surface area contributed by atoms with E-state index in [9.17, 15) is 28.3 Å². The van der Waals surface area contributed by atoms with Crippen molar-refractivity contribution in [2.24, 2.45) is 28.6 Å². The average molecular weight is 652 g/mol. The number of thioether (sulfide) groups is 1. The number of aromatic nitrogens is 1. The molecular weight excluding hydrogens is 617 g/mol. The molecule has 0 spiro atoms. The van der Waals surface area contributed by atoms with E-state index in [0.29, 0.717) is 23.6 Å². The molecule has 6 nitrogen and oxygen atoms in total. The van der Waals surface area contributed by atoms with Gasteiger partial charge >= 0.3 is 5.97 Å². The molecule has 0 radical (unpaired) electrons. The fourth-order valence-electron chi connectivity index (χ4n) is 9.42. The number of carbonyl (C=O) groups is 3. The Balaban J connectivity index is 1.25. The van der Waals surface area contributed by atoms with Crippen molar-refractivity contribution in [3.63, 3.8) is 0 Å². The van der Waals surface area contributed by atoms with E-state index in [1.54, 1.807) is 6.08 Å². The standard InChI is InChI=1S/C35H35F2NO5S2/c1-33-14-12-20(39)16-19(33)10-11-21-22-13-15-35(34(22,2)17-26(40)30(21)33,43-31(42)29-23(36)6-5-7-24(29)37)28(41)18-44-32-38-25-8-3-4-9-27(25)45-32/h3-9,16,21-22,26,30,40H,10-15,17-18H2,1-2H3/t21?,22?,26-,30?,33?,34?,35-/m0/s1. The number of hydrogen-bond donors (Lipinski definition) is 1. The second-order valence-corrected chi connectivity index (χ2v) is 15.8. The van der Waals surface area contributed by atoms with Crippen molar-refractivity contribution in [1.29, 1.82) is 0 Å². The summed E-state index contributed by atoms with van der Waals surface area (Å²) in [7, 11) is 0. The van der Waals surface area contributed by atoms with E-state index in [1.807, 2.05) is 31.2 Å². The highest BCUT2D eigenvalue weighted by Gasteiger charge is 2.70. The van der Waals surface area contributed by atoms with Gasteiger partial charge in [0.25, 0.3) is 0 Å². The third-order valence-corrected chi connectivity index (χ3v) is 13.7. The van der Waals surface area contributed by atoms with Gasteiger partial charge < -0.3 is 9.84 Å². The normalized spacial score (nSPS) is 34.1. The lowest BCUT2D eigenvalue weighted by Crippen LogP contribution is -2.63. The maximum atomic E-state index is 14.8. The molecule has 10 heteroatoms. The quantitative estimate of drug-likeness (QED) is 0.220. The lowest BCUT2D eigenvalue weighted by atomic mass is 9.45. The van der Waals surface area contributed by atoms with Crippen molar-refractivity contribution in [2.45, 2.75) is 74.8 Å². The van der Waals surface area contributed by atoms with Gasteiger partial charge in [0.1, 0.15) is 17.2 Å². The molecule has 0 amide bonds. The van der Waals surface area contributed by atoms with Crippen LogP contribution in [0.15, 0.2) is 58.5 Å². The van der Waals surface area contributed by atoms with E-state index < -0.39 is 40.3 Å².